The molecular formula is C15H15BrClNO5S2. The summed E-state index contributed by atoms with van der Waals surface area (Å²) in [6.45, 7) is 0. The normalized spacial score (nSPS) is 12.0. The Morgan fingerprint density at radius 2 is 1.80 bits per heavy atom. The summed E-state index contributed by atoms with van der Waals surface area (Å²) in [6, 6.07) is 9.04. The van der Waals surface area contributed by atoms with Crippen molar-refractivity contribution in [2.75, 3.05) is 18.1 Å². The summed E-state index contributed by atoms with van der Waals surface area (Å²) >= 11 is 9.16. The summed E-state index contributed by atoms with van der Waals surface area (Å²) in [5, 5.41) is 0.206. The number of hydrogen-bond acceptors (Lipinski definition) is 5. The van der Waals surface area contributed by atoms with Gasteiger partial charge in [-0.1, -0.05) is 29.8 Å². The van der Waals surface area contributed by atoms with Crippen LogP contribution in [0.2, 0.25) is 5.02 Å². The molecule has 2 aromatic carbocycles. The zero-order valence-electron chi connectivity index (χ0n) is 13.3. The second-order valence-electron chi connectivity index (χ2n) is 5.25. The highest BCUT2D eigenvalue weighted by molar-refractivity contribution is 9.10. The van der Waals surface area contributed by atoms with Gasteiger partial charge in [-0.15, -0.1) is 0 Å². The van der Waals surface area contributed by atoms with Crippen molar-refractivity contribution in [2.24, 2.45) is 0 Å². The SMILES string of the molecule is COc1c(Br)cc(Cl)cc1S(=O)(=O)Nc1ccccc1CS(C)(=O)=O. The molecule has 0 radical (unpaired) electrons. The Kier molecular flexibility index (Phi) is 6.03. The van der Waals surface area contributed by atoms with E-state index in [0.717, 1.165) is 6.26 Å². The largest absolute Gasteiger partial charge is 0.494 e. The van der Waals surface area contributed by atoms with Gasteiger partial charge in [-0.2, -0.15) is 0 Å². The number of sulfone groups is 1. The van der Waals surface area contributed by atoms with Gasteiger partial charge in [-0.3, -0.25) is 4.72 Å². The number of methoxy groups -OCH3 is 1. The van der Waals surface area contributed by atoms with Gasteiger partial charge in [-0.05, 0) is 39.7 Å². The predicted octanol–water partition coefficient (Wildman–Crippen LogP) is 3.46. The third-order valence-electron chi connectivity index (χ3n) is 3.15. The molecule has 0 aromatic heterocycles. The highest BCUT2D eigenvalue weighted by Crippen LogP contribution is 2.36. The average Bonchev–Trinajstić information content (AvgIpc) is 2.47. The van der Waals surface area contributed by atoms with E-state index in [4.69, 9.17) is 16.3 Å². The zero-order valence-corrected chi connectivity index (χ0v) is 17.3. The van der Waals surface area contributed by atoms with Crippen molar-refractivity contribution in [3.8, 4) is 5.75 Å². The minimum Gasteiger partial charge on any atom is -0.494 e. The van der Waals surface area contributed by atoms with Crippen LogP contribution in [0.1, 0.15) is 5.56 Å². The van der Waals surface area contributed by atoms with Crippen LogP contribution >= 0.6 is 27.5 Å². The van der Waals surface area contributed by atoms with Crippen molar-refractivity contribution in [3.05, 3.63) is 51.5 Å². The summed E-state index contributed by atoms with van der Waals surface area (Å²) in [5.41, 5.74) is 0.514. The minimum atomic E-state index is -4.06. The second kappa shape index (κ2) is 7.53. The summed E-state index contributed by atoms with van der Waals surface area (Å²) in [5.74, 6) is -0.195. The maximum absolute atomic E-state index is 12.8. The lowest BCUT2D eigenvalue weighted by Crippen LogP contribution is -2.16. The topological polar surface area (TPSA) is 89.5 Å². The number of anilines is 1. The molecule has 0 saturated heterocycles. The van der Waals surface area contributed by atoms with Gasteiger partial charge in [0, 0.05) is 11.3 Å². The van der Waals surface area contributed by atoms with Crippen LogP contribution in [0.15, 0.2) is 45.8 Å². The van der Waals surface area contributed by atoms with Gasteiger partial charge in [-0.25, -0.2) is 16.8 Å². The fourth-order valence-electron chi connectivity index (χ4n) is 2.16. The van der Waals surface area contributed by atoms with E-state index in [-0.39, 0.29) is 27.1 Å². The molecule has 2 rings (SSSR count). The fourth-order valence-corrected chi connectivity index (χ4v) is 5.47. The third kappa shape index (κ3) is 5.10. The second-order valence-corrected chi connectivity index (χ2v) is 10.3. The van der Waals surface area contributed by atoms with Crippen LogP contribution in [-0.2, 0) is 25.6 Å². The summed E-state index contributed by atoms with van der Waals surface area (Å²) in [7, 11) is -6.06. The lowest BCUT2D eigenvalue weighted by atomic mass is 10.2. The van der Waals surface area contributed by atoms with Crippen LogP contribution in [0, 0.1) is 0 Å². The standard InChI is InChI=1S/C15H15BrClNO5S2/c1-23-15-12(16)7-11(17)8-14(15)25(21,22)18-13-6-4-3-5-10(13)9-24(2,19)20/h3-8,18H,9H2,1-2H3. The van der Waals surface area contributed by atoms with Crippen LogP contribution in [0.4, 0.5) is 5.69 Å². The van der Waals surface area contributed by atoms with E-state index < -0.39 is 19.9 Å². The number of sulfonamides is 1. The Hall–Kier alpha value is -1.29. The van der Waals surface area contributed by atoms with Crippen molar-refractivity contribution in [1.82, 2.24) is 0 Å². The fraction of sp³-hybridized carbons (Fsp3) is 0.200. The minimum absolute atomic E-state index is 0.0949. The number of para-hydroxylation sites is 1. The van der Waals surface area contributed by atoms with Crippen LogP contribution in [0.25, 0.3) is 0 Å². The van der Waals surface area contributed by atoms with Crippen molar-refractivity contribution in [3.63, 3.8) is 0 Å². The van der Waals surface area contributed by atoms with Gasteiger partial charge < -0.3 is 4.74 Å². The van der Waals surface area contributed by atoms with Crippen LogP contribution < -0.4 is 9.46 Å². The Morgan fingerprint density at radius 3 is 2.40 bits per heavy atom. The van der Waals surface area contributed by atoms with Gasteiger partial charge in [0.2, 0.25) is 0 Å². The first kappa shape index (κ1) is 20.0. The average molecular weight is 469 g/mol. The first-order valence-electron chi connectivity index (χ1n) is 6.85. The molecule has 0 bridgehead atoms. The molecule has 0 spiro atoms. The molecule has 0 heterocycles. The first-order valence-corrected chi connectivity index (χ1v) is 11.6. The van der Waals surface area contributed by atoms with E-state index in [9.17, 15) is 16.8 Å². The van der Waals surface area contributed by atoms with Crippen molar-refractivity contribution >= 4 is 53.1 Å². The third-order valence-corrected chi connectivity index (χ3v) is 6.16. The molecule has 2 aromatic rings. The molecule has 10 heteroatoms. The zero-order chi connectivity index (χ0) is 18.8. The monoisotopic (exact) mass is 467 g/mol. The van der Waals surface area contributed by atoms with Gasteiger partial charge in [0.05, 0.1) is 23.0 Å². The van der Waals surface area contributed by atoms with Gasteiger partial charge in [0.1, 0.15) is 4.90 Å². The van der Waals surface area contributed by atoms with E-state index >= 15 is 0 Å². The molecular weight excluding hydrogens is 454 g/mol. The summed E-state index contributed by atoms with van der Waals surface area (Å²) in [4.78, 5) is -0.163. The molecule has 136 valence electrons. The molecule has 0 aliphatic carbocycles. The number of nitrogens with one attached hydrogen (secondary N) is 1. The predicted molar refractivity (Wildman–Crippen MR) is 102 cm³/mol. The van der Waals surface area contributed by atoms with E-state index in [1.807, 2.05) is 0 Å². The van der Waals surface area contributed by atoms with E-state index in [1.54, 1.807) is 18.2 Å². The van der Waals surface area contributed by atoms with Crippen LogP contribution in [-0.4, -0.2) is 30.2 Å². The van der Waals surface area contributed by atoms with Crippen LogP contribution in [0.5, 0.6) is 5.75 Å². The molecule has 1 N–H and O–H groups in total. The van der Waals surface area contributed by atoms with Crippen molar-refractivity contribution in [2.45, 2.75) is 10.6 Å². The highest BCUT2D eigenvalue weighted by Gasteiger charge is 2.24. The van der Waals surface area contributed by atoms with Gasteiger partial charge in [0.25, 0.3) is 10.0 Å². The molecule has 25 heavy (non-hydrogen) atoms. The number of benzene rings is 2. The van der Waals surface area contributed by atoms with E-state index in [0.29, 0.717) is 10.0 Å². The summed E-state index contributed by atoms with van der Waals surface area (Å²) < 4.78 is 56.6. The Labute approximate surface area is 160 Å². The quantitative estimate of drug-likeness (QED) is 0.701. The lowest BCUT2D eigenvalue weighted by molar-refractivity contribution is 0.400. The number of hydrogen-bond donors (Lipinski definition) is 1. The van der Waals surface area contributed by atoms with E-state index in [1.165, 1.54) is 25.3 Å². The van der Waals surface area contributed by atoms with Crippen molar-refractivity contribution in [1.29, 1.82) is 0 Å². The van der Waals surface area contributed by atoms with Gasteiger partial charge >= 0.3 is 0 Å². The number of ether oxygens (including phenoxy) is 1. The molecule has 6 nitrogen and oxygen atoms in total. The molecule has 0 saturated carbocycles. The maximum Gasteiger partial charge on any atom is 0.265 e. The molecule has 0 aliphatic rings. The van der Waals surface area contributed by atoms with Crippen LogP contribution in [0.3, 0.4) is 0 Å². The van der Waals surface area contributed by atoms with Crippen molar-refractivity contribution < 1.29 is 21.6 Å². The first-order chi connectivity index (χ1) is 11.5. The molecule has 0 aliphatic heterocycles. The van der Waals surface area contributed by atoms with E-state index in [2.05, 4.69) is 20.7 Å². The lowest BCUT2D eigenvalue weighted by Gasteiger charge is -2.15. The molecule has 0 atom stereocenters. The number of halogens is 2. The molecule has 0 amide bonds. The maximum atomic E-state index is 12.8. The Balaban J connectivity index is 2.51. The number of rotatable bonds is 6. The Morgan fingerprint density at radius 1 is 1.16 bits per heavy atom. The molecule has 0 unspecified atom stereocenters. The smallest absolute Gasteiger partial charge is 0.265 e. The summed E-state index contributed by atoms with van der Waals surface area (Å²) in [6.07, 6.45) is 1.08. The van der Waals surface area contributed by atoms with Gasteiger partial charge in [0.15, 0.2) is 15.6 Å². The highest BCUT2D eigenvalue weighted by atomic mass is 79.9. The molecule has 0 fully saturated rings. The Bertz CT molecular complexity index is 1010.